The molecule has 6 heteroatoms. The number of nitrogens with zero attached hydrogens (tertiary/aromatic N) is 2. The van der Waals surface area contributed by atoms with Gasteiger partial charge in [0.25, 0.3) is 0 Å². The van der Waals surface area contributed by atoms with Gasteiger partial charge < -0.3 is 10.1 Å². The van der Waals surface area contributed by atoms with Gasteiger partial charge in [-0.3, -0.25) is 10.1 Å². The van der Waals surface area contributed by atoms with E-state index >= 15 is 0 Å². The second-order valence-corrected chi connectivity index (χ2v) is 5.41. The highest BCUT2D eigenvalue weighted by Crippen LogP contribution is 2.31. The number of pyridine rings is 1. The van der Waals surface area contributed by atoms with Gasteiger partial charge in [-0.15, -0.1) is 0 Å². The summed E-state index contributed by atoms with van der Waals surface area (Å²) in [6, 6.07) is 1.54. The van der Waals surface area contributed by atoms with Crippen LogP contribution >= 0.6 is 0 Å². The molecule has 0 saturated carbocycles. The molecule has 1 aromatic heterocycles. The monoisotopic (exact) mass is 265 g/mol. The topological polar surface area (TPSA) is 77.3 Å². The molecular weight excluding hydrogens is 246 g/mol. The van der Waals surface area contributed by atoms with Gasteiger partial charge in [-0.2, -0.15) is 0 Å². The molecule has 0 atom stereocenters. The minimum atomic E-state index is -0.394. The Labute approximate surface area is 112 Å². The van der Waals surface area contributed by atoms with E-state index in [0.717, 1.165) is 31.6 Å². The van der Waals surface area contributed by atoms with Gasteiger partial charge in [0.15, 0.2) is 0 Å². The molecule has 0 aliphatic carbocycles. The maximum absolute atomic E-state index is 11.0. The van der Waals surface area contributed by atoms with E-state index in [1.165, 1.54) is 0 Å². The predicted molar refractivity (Wildman–Crippen MR) is 72.3 cm³/mol. The Bertz CT molecular complexity index is 470. The summed E-state index contributed by atoms with van der Waals surface area (Å²) in [5.41, 5.74) is 0.934. The molecule has 0 aromatic carbocycles. The minimum absolute atomic E-state index is 0.0376. The van der Waals surface area contributed by atoms with E-state index in [2.05, 4.69) is 17.2 Å². The molecule has 0 spiro atoms. The number of nitro groups is 1. The fourth-order valence-corrected chi connectivity index (χ4v) is 2.17. The van der Waals surface area contributed by atoms with E-state index in [1.807, 2.05) is 0 Å². The summed E-state index contributed by atoms with van der Waals surface area (Å²) in [7, 11) is 0. The molecule has 1 N–H and O–H groups in total. The zero-order chi connectivity index (χ0) is 13.9. The Kier molecular flexibility index (Phi) is 3.99. The van der Waals surface area contributed by atoms with Crippen LogP contribution in [0.25, 0.3) is 0 Å². The number of hydrogen-bond acceptors (Lipinski definition) is 5. The first-order chi connectivity index (χ1) is 9.00. The molecule has 0 radical (unpaired) electrons. The van der Waals surface area contributed by atoms with Crippen LogP contribution in [0.4, 0.5) is 11.5 Å². The second-order valence-electron chi connectivity index (χ2n) is 5.41. The van der Waals surface area contributed by atoms with Gasteiger partial charge in [0.05, 0.1) is 4.92 Å². The molecule has 6 nitrogen and oxygen atoms in total. The molecule has 1 aliphatic rings. The molecule has 2 rings (SSSR count). The van der Waals surface area contributed by atoms with E-state index in [9.17, 15) is 10.1 Å². The van der Waals surface area contributed by atoms with Crippen molar-refractivity contribution < 1.29 is 9.66 Å². The van der Waals surface area contributed by atoms with Crippen molar-refractivity contribution in [3.05, 3.63) is 27.9 Å². The van der Waals surface area contributed by atoms with E-state index in [0.29, 0.717) is 12.4 Å². The lowest BCUT2D eigenvalue weighted by molar-refractivity contribution is -0.384. The predicted octanol–water partition coefficient (Wildman–Crippen LogP) is 2.53. The highest BCUT2D eigenvalue weighted by molar-refractivity contribution is 5.56. The van der Waals surface area contributed by atoms with Crippen molar-refractivity contribution >= 4 is 11.5 Å². The van der Waals surface area contributed by atoms with Gasteiger partial charge in [0, 0.05) is 32.0 Å². The van der Waals surface area contributed by atoms with E-state index in [-0.39, 0.29) is 11.1 Å². The highest BCUT2D eigenvalue weighted by atomic mass is 16.6. The highest BCUT2D eigenvalue weighted by Gasteiger charge is 2.28. The Morgan fingerprint density at radius 3 is 2.84 bits per heavy atom. The van der Waals surface area contributed by atoms with Crippen molar-refractivity contribution in [2.75, 3.05) is 25.1 Å². The van der Waals surface area contributed by atoms with Gasteiger partial charge in [-0.05, 0) is 30.7 Å². The van der Waals surface area contributed by atoms with Crippen LogP contribution in [0.3, 0.4) is 0 Å². The molecule has 2 heterocycles. The van der Waals surface area contributed by atoms with Gasteiger partial charge in [0.2, 0.25) is 5.82 Å². The number of rotatable bonds is 4. The second kappa shape index (κ2) is 5.52. The Balaban J connectivity index is 2.08. The summed E-state index contributed by atoms with van der Waals surface area (Å²) in [6.45, 7) is 6.14. The zero-order valence-electron chi connectivity index (χ0n) is 11.3. The molecule has 0 bridgehead atoms. The third-order valence-electron chi connectivity index (χ3n) is 3.58. The van der Waals surface area contributed by atoms with E-state index in [4.69, 9.17) is 4.74 Å². The largest absolute Gasteiger partial charge is 0.381 e. The average Bonchev–Trinajstić information content (AvgIpc) is 2.38. The molecule has 104 valence electrons. The van der Waals surface area contributed by atoms with Crippen LogP contribution in [0.15, 0.2) is 12.3 Å². The fraction of sp³-hybridized carbons (Fsp3) is 0.615. The molecule has 1 aliphatic heterocycles. The third-order valence-corrected chi connectivity index (χ3v) is 3.58. The van der Waals surface area contributed by atoms with Crippen LogP contribution in [0, 0.1) is 22.5 Å². The average molecular weight is 265 g/mol. The first-order valence-electron chi connectivity index (χ1n) is 6.43. The fourth-order valence-electron chi connectivity index (χ4n) is 2.17. The van der Waals surface area contributed by atoms with Crippen molar-refractivity contribution in [1.29, 1.82) is 0 Å². The number of hydrogen-bond donors (Lipinski definition) is 1. The number of ether oxygens (including phenoxy) is 1. The molecule has 1 fully saturated rings. The van der Waals surface area contributed by atoms with Crippen LogP contribution in [0.2, 0.25) is 0 Å². The summed E-state index contributed by atoms with van der Waals surface area (Å²) < 4.78 is 5.34. The lowest BCUT2D eigenvalue weighted by atomic mass is 9.82. The van der Waals surface area contributed by atoms with Crippen LogP contribution in [-0.2, 0) is 4.74 Å². The van der Waals surface area contributed by atoms with E-state index in [1.54, 1.807) is 19.2 Å². The van der Waals surface area contributed by atoms with Gasteiger partial charge in [-0.25, -0.2) is 4.98 Å². The normalized spacial score (nSPS) is 18.0. The van der Waals surface area contributed by atoms with Gasteiger partial charge >= 0.3 is 5.69 Å². The van der Waals surface area contributed by atoms with Crippen molar-refractivity contribution in [3.63, 3.8) is 0 Å². The molecule has 1 saturated heterocycles. The van der Waals surface area contributed by atoms with Crippen molar-refractivity contribution in [3.8, 4) is 0 Å². The minimum Gasteiger partial charge on any atom is -0.381 e. The molecule has 19 heavy (non-hydrogen) atoms. The Hall–Kier alpha value is -1.69. The Morgan fingerprint density at radius 1 is 1.53 bits per heavy atom. The summed E-state index contributed by atoms with van der Waals surface area (Å²) in [6.07, 6.45) is 3.56. The van der Waals surface area contributed by atoms with Crippen LogP contribution in [-0.4, -0.2) is 29.7 Å². The summed E-state index contributed by atoms with van der Waals surface area (Å²) in [4.78, 5) is 14.7. The smallest absolute Gasteiger partial charge is 0.311 e. The maximum Gasteiger partial charge on any atom is 0.311 e. The van der Waals surface area contributed by atoms with Crippen molar-refractivity contribution in [1.82, 2.24) is 4.98 Å². The lowest BCUT2D eigenvalue weighted by Crippen LogP contribution is -2.33. The Morgan fingerprint density at radius 2 is 2.21 bits per heavy atom. The van der Waals surface area contributed by atoms with Crippen LogP contribution in [0.5, 0.6) is 0 Å². The molecule has 1 aromatic rings. The summed E-state index contributed by atoms with van der Waals surface area (Å²) >= 11 is 0. The zero-order valence-corrected chi connectivity index (χ0v) is 11.3. The number of aromatic nitrogens is 1. The van der Waals surface area contributed by atoms with Crippen molar-refractivity contribution in [2.24, 2.45) is 5.41 Å². The quantitative estimate of drug-likeness (QED) is 0.668. The lowest BCUT2D eigenvalue weighted by Gasteiger charge is -2.33. The SMILES string of the molecule is Cc1cnc(NCC2(C)CCOCC2)c([N+](=O)[O-])c1. The van der Waals surface area contributed by atoms with Gasteiger partial charge in [-0.1, -0.05) is 6.92 Å². The van der Waals surface area contributed by atoms with Crippen LogP contribution in [0.1, 0.15) is 25.3 Å². The number of anilines is 1. The maximum atomic E-state index is 11.0. The molecule has 0 unspecified atom stereocenters. The number of nitrogens with one attached hydrogen (secondary N) is 1. The summed E-state index contributed by atoms with van der Waals surface area (Å²) in [5.74, 6) is 0.350. The summed E-state index contributed by atoms with van der Waals surface area (Å²) in [5, 5.41) is 14.1. The van der Waals surface area contributed by atoms with E-state index < -0.39 is 4.92 Å². The first-order valence-corrected chi connectivity index (χ1v) is 6.43. The standard InChI is InChI=1S/C13H19N3O3/c1-10-7-11(16(17)18)12(14-8-10)15-9-13(2)3-5-19-6-4-13/h7-8H,3-6,9H2,1-2H3,(H,14,15). The molecule has 0 amide bonds. The third kappa shape index (κ3) is 3.41. The van der Waals surface area contributed by atoms with Crippen LogP contribution < -0.4 is 5.32 Å². The number of aryl methyl sites for hydroxylation is 1. The van der Waals surface area contributed by atoms with Gasteiger partial charge in [0.1, 0.15) is 0 Å². The first kappa shape index (κ1) is 13.7. The van der Waals surface area contributed by atoms with Crippen molar-refractivity contribution in [2.45, 2.75) is 26.7 Å². The molecular formula is C13H19N3O3.